The Kier molecular flexibility index (Phi) is 9.61. The number of halogens is 3. The summed E-state index contributed by atoms with van der Waals surface area (Å²) in [6, 6.07) is 8.79. The molecule has 0 N–H and O–H groups in total. The number of nitroso groups, excluding NO2 is 1. The summed E-state index contributed by atoms with van der Waals surface area (Å²) in [5.74, 6) is -2.24. The summed E-state index contributed by atoms with van der Waals surface area (Å²) >= 11 is 0. The van der Waals surface area contributed by atoms with E-state index in [9.17, 15) is 18.1 Å². The number of imidazole rings is 1. The maximum absolute atomic E-state index is 12.0. The predicted octanol–water partition coefficient (Wildman–Crippen LogP) is 5.11. The normalized spacial score (nSPS) is 13.0. The second-order valence-electron chi connectivity index (χ2n) is 7.70. The maximum Gasteiger partial charge on any atom is 0.194 e. The molecule has 0 saturated heterocycles. The molecule has 1 aliphatic heterocycles. The molecule has 0 radical (unpaired) electrons. The van der Waals surface area contributed by atoms with Crippen molar-refractivity contribution in [3.05, 3.63) is 88.6 Å². The molecule has 190 valence electrons. The molecule has 0 spiro atoms. The molecule has 8 nitrogen and oxygen atoms in total. The quantitative estimate of drug-likeness (QED) is 0.244. The Hall–Kier alpha value is -4.15. The van der Waals surface area contributed by atoms with E-state index in [1.54, 1.807) is 13.4 Å². The van der Waals surface area contributed by atoms with Gasteiger partial charge in [-0.05, 0) is 49.2 Å². The van der Waals surface area contributed by atoms with Crippen LogP contribution in [0.15, 0.2) is 65.3 Å². The number of nitrogens with zero attached hydrogens (tertiary/aromatic N) is 5. The molecule has 0 bridgehead atoms. The van der Waals surface area contributed by atoms with Crippen LogP contribution in [0, 0.1) is 29.3 Å². The fourth-order valence-electron chi connectivity index (χ4n) is 3.34. The molecule has 0 atom stereocenters. The van der Waals surface area contributed by atoms with Gasteiger partial charge in [-0.3, -0.25) is 0 Å². The van der Waals surface area contributed by atoms with Gasteiger partial charge in [0.1, 0.15) is 12.4 Å². The van der Waals surface area contributed by atoms with Gasteiger partial charge < -0.3 is 19.0 Å². The number of ether oxygens (including phenoxy) is 1. The molecule has 0 saturated carbocycles. The van der Waals surface area contributed by atoms with E-state index in [-0.39, 0.29) is 0 Å². The number of methoxy groups -OCH3 is 1. The van der Waals surface area contributed by atoms with Crippen LogP contribution in [-0.4, -0.2) is 53.6 Å². The Balaban J connectivity index is 0.000000338. The molecule has 0 aliphatic carbocycles. The van der Waals surface area contributed by atoms with Crippen LogP contribution in [0.1, 0.15) is 17.7 Å². The average molecular weight is 502 g/mol. The summed E-state index contributed by atoms with van der Waals surface area (Å²) in [4.78, 5) is 21.8. The molecule has 4 rings (SSSR count). The van der Waals surface area contributed by atoms with Crippen LogP contribution in [-0.2, 0) is 4.84 Å². The topological polar surface area (TPSA) is 81.3 Å². The van der Waals surface area contributed by atoms with Gasteiger partial charge in [-0.25, -0.2) is 18.2 Å². The van der Waals surface area contributed by atoms with Crippen LogP contribution in [0.25, 0.3) is 11.8 Å². The maximum atomic E-state index is 12.0. The van der Waals surface area contributed by atoms with Crippen molar-refractivity contribution < 1.29 is 22.7 Å². The lowest BCUT2D eigenvalue weighted by Gasteiger charge is -2.26. The number of oxime groups is 1. The fraction of sp³-hybridized carbons (Fsp3) is 0.280. The molecular weight excluding hydrogens is 475 g/mol. The minimum atomic E-state index is -1.42. The van der Waals surface area contributed by atoms with E-state index in [1.165, 1.54) is 0 Å². The summed E-state index contributed by atoms with van der Waals surface area (Å²) in [5, 5.41) is 7.02. The first-order valence-corrected chi connectivity index (χ1v) is 11.1. The van der Waals surface area contributed by atoms with Crippen LogP contribution in [0.4, 0.5) is 13.2 Å². The van der Waals surface area contributed by atoms with E-state index in [1.807, 2.05) is 48.0 Å². The Labute approximate surface area is 206 Å². The lowest BCUT2D eigenvalue weighted by molar-refractivity contribution is 0.103. The van der Waals surface area contributed by atoms with Gasteiger partial charge >= 0.3 is 0 Å². The van der Waals surface area contributed by atoms with Gasteiger partial charge in [0.05, 0.1) is 37.9 Å². The van der Waals surface area contributed by atoms with E-state index < -0.39 is 17.5 Å². The highest BCUT2D eigenvalue weighted by molar-refractivity contribution is 5.96. The number of hydrogen-bond acceptors (Lipinski definition) is 7. The zero-order valence-corrected chi connectivity index (χ0v) is 19.9. The third kappa shape index (κ3) is 7.17. The highest BCUT2D eigenvalue weighted by Gasteiger charge is 2.14. The Morgan fingerprint density at radius 3 is 2.58 bits per heavy atom. The molecule has 3 aromatic rings. The molecule has 2 aromatic carbocycles. The third-order valence-corrected chi connectivity index (χ3v) is 5.13. The van der Waals surface area contributed by atoms with Crippen LogP contribution in [0.5, 0.6) is 5.75 Å². The van der Waals surface area contributed by atoms with Gasteiger partial charge in [0.25, 0.3) is 0 Å². The first-order chi connectivity index (χ1) is 17.4. The van der Waals surface area contributed by atoms with Crippen molar-refractivity contribution in [1.29, 1.82) is 0 Å². The van der Waals surface area contributed by atoms with E-state index in [4.69, 9.17) is 9.57 Å². The Bertz CT molecular complexity index is 1210. The van der Waals surface area contributed by atoms with Crippen molar-refractivity contribution in [2.75, 3.05) is 33.4 Å². The van der Waals surface area contributed by atoms with Crippen molar-refractivity contribution >= 4 is 11.9 Å². The van der Waals surface area contributed by atoms with Crippen LogP contribution >= 0.6 is 0 Å². The third-order valence-electron chi connectivity index (χ3n) is 5.13. The van der Waals surface area contributed by atoms with E-state index in [0.29, 0.717) is 19.6 Å². The largest absolute Gasteiger partial charge is 0.495 e. The van der Waals surface area contributed by atoms with E-state index >= 15 is 0 Å². The second kappa shape index (κ2) is 13.1. The predicted molar refractivity (Wildman–Crippen MR) is 130 cm³/mol. The molecule has 36 heavy (non-hydrogen) atoms. The Morgan fingerprint density at radius 1 is 1.17 bits per heavy atom. The van der Waals surface area contributed by atoms with Crippen molar-refractivity contribution in [2.45, 2.75) is 13.3 Å². The molecule has 1 aromatic heterocycles. The summed E-state index contributed by atoms with van der Waals surface area (Å²) < 4.78 is 43.4. The van der Waals surface area contributed by atoms with Gasteiger partial charge in [-0.1, -0.05) is 28.5 Å². The van der Waals surface area contributed by atoms with Crippen LogP contribution in [0.2, 0.25) is 0 Å². The second-order valence-corrected chi connectivity index (χ2v) is 7.70. The monoisotopic (exact) mass is 501 g/mol. The standard InChI is InChI=1S/C19H23N5O3.C6H3F3/c1-15-13-24(14-20-15)17-6-4-16(12-18(17)26-2)5-7-19-22-27-11-10-23(19)9-3-8-21-25;7-4-2-1-3-5(8)6(4)9/h4-7,12-14H,3,8-11H2,1-2H3;1-3H/b7-5+;. The average Bonchev–Trinajstić information content (AvgIpc) is 3.33. The Morgan fingerprint density at radius 2 is 1.94 bits per heavy atom. The minimum absolute atomic E-state index is 0.306. The van der Waals surface area contributed by atoms with Crippen LogP contribution in [0.3, 0.4) is 0 Å². The minimum Gasteiger partial charge on any atom is -0.495 e. The molecule has 0 unspecified atom stereocenters. The summed E-state index contributed by atoms with van der Waals surface area (Å²) in [6.45, 7) is 4.26. The number of rotatable bonds is 8. The zero-order chi connectivity index (χ0) is 25.9. The van der Waals surface area contributed by atoms with Crippen molar-refractivity contribution in [1.82, 2.24) is 14.5 Å². The van der Waals surface area contributed by atoms with Gasteiger partial charge in [0.15, 0.2) is 23.3 Å². The molecule has 11 heteroatoms. The number of aryl methyl sites for hydroxylation is 1. The van der Waals surface area contributed by atoms with Crippen molar-refractivity contribution in [2.24, 2.45) is 10.3 Å². The molecule has 2 heterocycles. The van der Waals surface area contributed by atoms with Crippen molar-refractivity contribution in [3.8, 4) is 11.4 Å². The van der Waals surface area contributed by atoms with Gasteiger partial charge in [0.2, 0.25) is 0 Å². The molecule has 0 amide bonds. The van der Waals surface area contributed by atoms with Crippen molar-refractivity contribution in [3.63, 3.8) is 0 Å². The molecule has 1 aliphatic rings. The lowest BCUT2D eigenvalue weighted by Crippen LogP contribution is -2.37. The van der Waals surface area contributed by atoms with Crippen LogP contribution < -0.4 is 4.74 Å². The number of hydrogen-bond donors (Lipinski definition) is 0. The SMILES string of the molecule is COc1cc(/C=C/C2=NOCCN2CCCN=O)ccc1-n1cnc(C)c1.Fc1cccc(F)c1F. The highest BCUT2D eigenvalue weighted by atomic mass is 19.2. The fourth-order valence-corrected chi connectivity index (χ4v) is 3.34. The first kappa shape index (κ1) is 26.5. The number of amidine groups is 1. The smallest absolute Gasteiger partial charge is 0.194 e. The summed E-state index contributed by atoms with van der Waals surface area (Å²) in [7, 11) is 1.65. The lowest BCUT2D eigenvalue weighted by atomic mass is 10.1. The zero-order valence-electron chi connectivity index (χ0n) is 19.9. The summed E-state index contributed by atoms with van der Waals surface area (Å²) in [6.07, 6.45) is 8.28. The van der Waals surface area contributed by atoms with Gasteiger partial charge in [-0.2, -0.15) is 4.91 Å². The van der Waals surface area contributed by atoms with Gasteiger partial charge in [-0.15, -0.1) is 0 Å². The number of benzene rings is 2. The summed E-state index contributed by atoms with van der Waals surface area (Å²) in [5.41, 5.74) is 2.85. The highest BCUT2D eigenvalue weighted by Crippen LogP contribution is 2.25. The first-order valence-electron chi connectivity index (χ1n) is 11.1. The molecular formula is C25H26F3N5O3. The van der Waals surface area contributed by atoms with E-state index in [2.05, 4.69) is 20.2 Å². The number of aromatic nitrogens is 2. The van der Waals surface area contributed by atoms with E-state index in [0.717, 1.165) is 59.8 Å². The molecule has 0 fully saturated rings. The van der Waals surface area contributed by atoms with Gasteiger partial charge in [0, 0.05) is 12.7 Å².